The standard InChI is InChI=1S/C23H30N6O4S/c1-28-18-9-7-8-16(17(18)14-25-28)15-33-20-19(22(30)32-2)21(34-27-20)26-23(31)24-10-3-4-11-29-12-5-6-13-29/h7-9,14H,3-6,10-13,15H2,1-2H3,(H2,24,26,31). The van der Waals surface area contributed by atoms with E-state index < -0.39 is 5.97 Å². The molecule has 0 spiro atoms. The molecule has 182 valence electrons. The van der Waals surface area contributed by atoms with Crippen molar-refractivity contribution in [3.63, 3.8) is 0 Å². The Labute approximate surface area is 202 Å². The van der Waals surface area contributed by atoms with Crippen LogP contribution in [0.1, 0.15) is 41.6 Å². The maximum absolute atomic E-state index is 12.4. The average Bonchev–Trinajstić information content (AvgIpc) is 3.58. The molecule has 2 N–H and O–H groups in total. The van der Waals surface area contributed by atoms with Gasteiger partial charge in [-0.05, 0) is 62.9 Å². The number of aryl methyl sites for hydroxylation is 1. The van der Waals surface area contributed by atoms with Gasteiger partial charge in [0.15, 0.2) is 5.56 Å². The molecule has 2 amide bonds. The molecule has 0 bridgehead atoms. The minimum Gasteiger partial charge on any atom is -0.471 e. The molecule has 2 aromatic heterocycles. The summed E-state index contributed by atoms with van der Waals surface area (Å²) < 4.78 is 16.8. The summed E-state index contributed by atoms with van der Waals surface area (Å²) in [5.41, 5.74) is 2.00. The van der Waals surface area contributed by atoms with Gasteiger partial charge in [-0.25, -0.2) is 9.59 Å². The minimum absolute atomic E-state index is 0.107. The second kappa shape index (κ2) is 11.3. The Hall–Kier alpha value is -3.18. The molecule has 1 aliphatic heterocycles. The third-order valence-electron chi connectivity index (χ3n) is 5.91. The van der Waals surface area contributed by atoms with Crippen LogP contribution in [0.2, 0.25) is 0 Å². The van der Waals surface area contributed by atoms with Crippen molar-refractivity contribution in [3.8, 4) is 5.88 Å². The van der Waals surface area contributed by atoms with Crippen LogP contribution in [0.3, 0.4) is 0 Å². The molecule has 0 atom stereocenters. The number of likely N-dealkylation sites (tertiary alicyclic amines) is 1. The van der Waals surface area contributed by atoms with E-state index in [2.05, 4.69) is 25.0 Å². The van der Waals surface area contributed by atoms with Crippen molar-refractivity contribution in [2.45, 2.75) is 32.3 Å². The Balaban J connectivity index is 1.34. The number of nitrogens with zero attached hydrogens (tertiary/aromatic N) is 4. The zero-order valence-corrected chi connectivity index (χ0v) is 20.3. The number of amides is 2. The van der Waals surface area contributed by atoms with Gasteiger partial charge in [0.2, 0.25) is 5.88 Å². The number of unbranched alkanes of at least 4 members (excludes halogenated alkanes) is 1. The Kier molecular flexibility index (Phi) is 7.96. The normalized spacial score (nSPS) is 13.8. The highest BCUT2D eigenvalue weighted by atomic mass is 32.1. The van der Waals surface area contributed by atoms with Crippen LogP contribution in [-0.2, 0) is 18.4 Å². The van der Waals surface area contributed by atoms with Gasteiger partial charge in [0.05, 0.1) is 18.8 Å². The van der Waals surface area contributed by atoms with Gasteiger partial charge in [0.1, 0.15) is 11.6 Å². The molecule has 11 heteroatoms. The highest BCUT2D eigenvalue weighted by Gasteiger charge is 2.25. The molecule has 34 heavy (non-hydrogen) atoms. The molecule has 0 aliphatic carbocycles. The number of esters is 1. The topological polar surface area (TPSA) is 111 Å². The predicted octanol–water partition coefficient (Wildman–Crippen LogP) is 3.39. The van der Waals surface area contributed by atoms with Crippen LogP contribution in [-0.4, -0.2) is 64.3 Å². The van der Waals surface area contributed by atoms with Crippen LogP contribution in [0.15, 0.2) is 24.4 Å². The Morgan fingerprint density at radius 1 is 1.21 bits per heavy atom. The van der Waals surface area contributed by atoms with E-state index >= 15 is 0 Å². The SMILES string of the molecule is COC(=O)c1c(OCc2cccc3c2cnn3C)nsc1NC(=O)NCCCCN1CCCC1. The van der Waals surface area contributed by atoms with E-state index in [4.69, 9.17) is 9.47 Å². The molecule has 0 radical (unpaired) electrons. The Morgan fingerprint density at radius 2 is 2.03 bits per heavy atom. The van der Waals surface area contributed by atoms with Crippen molar-refractivity contribution >= 4 is 39.4 Å². The zero-order chi connectivity index (χ0) is 23.9. The van der Waals surface area contributed by atoms with Gasteiger partial charge < -0.3 is 19.7 Å². The molecule has 1 aromatic carbocycles. The summed E-state index contributed by atoms with van der Waals surface area (Å²) in [5, 5.41) is 11.1. The van der Waals surface area contributed by atoms with Crippen molar-refractivity contribution in [3.05, 3.63) is 35.5 Å². The lowest BCUT2D eigenvalue weighted by Gasteiger charge is -2.14. The fourth-order valence-electron chi connectivity index (χ4n) is 4.07. The number of anilines is 1. The lowest BCUT2D eigenvalue weighted by molar-refractivity contribution is 0.0597. The summed E-state index contributed by atoms with van der Waals surface area (Å²) in [4.78, 5) is 27.3. The third-order valence-corrected chi connectivity index (χ3v) is 6.66. The summed E-state index contributed by atoms with van der Waals surface area (Å²) in [5.74, 6) is -0.497. The fraction of sp³-hybridized carbons (Fsp3) is 0.478. The van der Waals surface area contributed by atoms with Crippen molar-refractivity contribution in [1.82, 2.24) is 24.4 Å². The predicted molar refractivity (Wildman–Crippen MR) is 130 cm³/mol. The zero-order valence-electron chi connectivity index (χ0n) is 19.5. The van der Waals surface area contributed by atoms with Gasteiger partial charge in [0, 0.05) is 24.5 Å². The number of hydrogen-bond acceptors (Lipinski definition) is 8. The number of carbonyl (C=O) groups is 2. The molecule has 0 unspecified atom stereocenters. The van der Waals surface area contributed by atoms with Crippen molar-refractivity contribution in [2.24, 2.45) is 7.05 Å². The van der Waals surface area contributed by atoms with E-state index in [0.717, 1.165) is 47.4 Å². The van der Waals surface area contributed by atoms with E-state index in [9.17, 15) is 9.59 Å². The van der Waals surface area contributed by atoms with E-state index in [-0.39, 0.29) is 29.1 Å². The molecule has 3 heterocycles. The number of methoxy groups -OCH3 is 1. The maximum Gasteiger partial charge on any atom is 0.346 e. The fourth-order valence-corrected chi connectivity index (χ4v) is 4.78. The minimum atomic E-state index is -0.621. The Bertz CT molecular complexity index is 1140. The van der Waals surface area contributed by atoms with E-state index in [1.807, 2.05) is 25.2 Å². The second-order valence-corrected chi connectivity index (χ2v) is 9.00. The van der Waals surface area contributed by atoms with E-state index in [1.165, 1.54) is 33.0 Å². The lowest BCUT2D eigenvalue weighted by atomic mass is 10.1. The number of ether oxygens (including phenoxy) is 2. The molecule has 3 aromatic rings. The summed E-state index contributed by atoms with van der Waals surface area (Å²) in [7, 11) is 3.16. The van der Waals surface area contributed by atoms with Gasteiger partial charge >= 0.3 is 12.0 Å². The molecular formula is C23H30N6O4S. The monoisotopic (exact) mass is 486 g/mol. The first-order valence-corrected chi connectivity index (χ1v) is 12.2. The number of aromatic nitrogens is 3. The number of urea groups is 1. The van der Waals surface area contributed by atoms with E-state index in [0.29, 0.717) is 6.54 Å². The number of nitrogens with one attached hydrogen (secondary N) is 2. The second-order valence-electron chi connectivity index (χ2n) is 8.23. The molecule has 4 rings (SSSR count). The van der Waals surface area contributed by atoms with Gasteiger partial charge in [-0.3, -0.25) is 10.00 Å². The smallest absolute Gasteiger partial charge is 0.346 e. The highest BCUT2D eigenvalue weighted by Crippen LogP contribution is 2.32. The van der Waals surface area contributed by atoms with Gasteiger partial charge in [0.25, 0.3) is 0 Å². The molecule has 0 saturated carbocycles. The summed E-state index contributed by atoms with van der Waals surface area (Å²) >= 11 is 0.981. The van der Waals surface area contributed by atoms with Crippen molar-refractivity contribution in [2.75, 3.05) is 38.6 Å². The summed E-state index contributed by atoms with van der Waals surface area (Å²) in [6, 6.07) is 5.45. The average molecular weight is 487 g/mol. The Morgan fingerprint density at radius 3 is 2.82 bits per heavy atom. The molecule has 1 saturated heterocycles. The van der Waals surface area contributed by atoms with Crippen LogP contribution in [0.5, 0.6) is 5.88 Å². The van der Waals surface area contributed by atoms with Gasteiger partial charge in [-0.15, -0.1) is 0 Å². The molecule has 10 nitrogen and oxygen atoms in total. The van der Waals surface area contributed by atoms with Crippen LogP contribution in [0.25, 0.3) is 10.9 Å². The van der Waals surface area contributed by atoms with Crippen LogP contribution in [0, 0.1) is 0 Å². The van der Waals surface area contributed by atoms with Crippen LogP contribution >= 0.6 is 11.5 Å². The summed E-state index contributed by atoms with van der Waals surface area (Å²) in [6.07, 6.45) is 6.27. The lowest BCUT2D eigenvalue weighted by Crippen LogP contribution is -2.30. The number of hydrogen-bond donors (Lipinski definition) is 2. The molecule has 1 fully saturated rings. The van der Waals surface area contributed by atoms with Gasteiger partial charge in [-0.2, -0.15) is 9.47 Å². The van der Waals surface area contributed by atoms with Crippen molar-refractivity contribution in [1.29, 1.82) is 0 Å². The van der Waals surface area contributed by atoms with Crippen molar-refractivity contribution < 1.29 is 19.1 Å². The highest BCUT2D eigenvalue weighted by molar-refractivity contribution is 7.11. The van der Waals surface area contributed by atoms with Gasteiger partial charge in [-0.1, -0.05) is 12.1 Å². The van der Waals surface area contributed by atoms with E-state index in [1.54, 1.807) is 10.9 Å². The maximum atomic E-state index is 12.4. The summed E-state index contributed by atoms with van der Waals surface area (Å²) in [6.45, 7) is 4.18. The number of fused-ring (bicyclic) bond motifs is 1. The first-order valence-electron chi connectivity index (χ1n) is 11.4. The first kappa shape index (κ1) is 24.0. The number of benzene rings is 1. The third kappa shape index (κ3) is 5.65. The number of rotatable bonds is 10. The quantitative estimate of drug-likeness (QED) is 0.334. The van der Waals surface area contributed by atoms with Crippen LogP contribution < -0.4 is 15.4 Å². The first-order chi connectivity index (χ1) is 16.6. The molecular weight excluding hydrogens is 456 g/mol. The van der Waals surface area contributed by atoms with Crippen LogP contribution in [0.4, 0.5) is 9.80 Å². The molecule has 1 aliphatic rings. The largest absolute Gasteiger partial charge is 0.471 e. The number of carbonyl (C=O) groups excluding carboxylic acids is 2.